The van der Waals surface area contributed by atoms with Crippen molar-refractivity contribution in [1.82, 2.24) is 4.98 Å². The molecule has 1 aromatic heterocycles. The number of benzene rings is 1. The Balaban J connectivity index is 2.05. The maximum absolute atomic E-state index is 11.4. The first-order valence-corrected chi connectivity index (χ1v) is 6.41. The molecular weight excluding hydrogens is 264 g/mol. The average molecular weight is 276 g/mol. The fraction of sp³-hybridized carbons (Fsp3) is 0.154. The second-order valence-corrected chi connectivity index (χ2v) is 4.90. The highest BCUT2D eigenvalue weighted by molar-refractivity contribution is 7.19. The Morgan fingerprint density at radius 2 is 2.16 bits per heavy atom. The topological polar surface area (TPSA) is 82.3 Å². The molecule has 0 saturated heterocycles. The number of para-hydroxylation sites is 1. The largest absolute Gasteiger partial charge is 0.449 e. The third kappa shape index (κ3) is 3.38. The van der Waals surface area contributed by atoms with E-state index in [2.05, 4.69) is 4.98 Å². The van der Waals surface area contributed by atoms with E-state index in [4.69, 9.17) is 10.5 Å². The van der Waals surface area contributed by atoms with Gasteiger partial charge in [0.25, 0.3) is 5.91 Å². The highest BCUT2D eigenvalue weighted by Gasteiger charge is 2.12. The zero-order valence-corrected chi connectivity index (χ0v) is 11.0. The van der Waals surface area contributed by atoms with E-state index in [1.807, 2.05) is 24.3 Å². The maximum atomic E-state index is 11.4. The summed E-state index contributed by atoms with van der Waals surface area (Å²) in [5.74, 6) is -1.30. The molecule has 0 bridgehead atoms. The Morgan fingerprint density at radius 1 is 1.42 bits per heavy atom. The summed E-state index contributed by atoms with van der Waals surface area (Å²) in [5.41, 5.74) is 5.87. The molecule has 2 N–H and O–H groups in total. The number of hydrogen-bond acceptors (Lipinski definition) is 5. The van der Waals surface area contributed by atoms with Gasteiger partial charge in [-0.1, -0.05) is 12.1 Å². The molecule has 0 aliphatic rings. The van der Waals surface area contributed by atoms with Gasteiger partial charge in [0.05, 0.1) is 10.2 Å². The van der Waals surface area contributed by atoms with Crippen LogP contribution in [0.15, 0.2) is 30.3 Å². The lowest BCUT2D eigenvalue weighted by Crippen LogP contribution is -2.29. The van der Waals surface area contributed by atoms with Gasteiger partial charge >= 0.3 is 5.97 Å². The van der Waals surface area contributed by atoms with E-state index in [9.17, 15) is 9.59 Å². The van der Waals surface area contributed by atoms with Crippen LogP contribution in [0, 0.1) is 0 Å². The molecule has 0 fully saturated rings. The molecule has 0 aliphatic heterocycles. The molecule has 0 radical (unpaired) electrons. The molecule has 0 aliphatic carbocycles. The monoisotopic (exact) mass is 276 g/mol. The Kier molecular flexibility index (Phi) is 3.91. The molecule has 1 atom stereocenters. The van der Waals surface area contributed by atoms with Crippen LogP contribution in [-0.2, 0) is 14.3 Å². The minimum Gasteiger partial charge on any atom is -0.449 e. The van der Waals surface area contributed by atoms with Gasteiger partial charge in [0.2, 0.25) is 0 Å². The van der Waals surface area contributed by atoms with Gasteiger partial charge in [-0.2, -0.15) is 0 Å². The van der Waals surface area contributed by atoms with Crippen molar-refractivity contribution < 1.29 is 14.3 Å². The lowest BCUT2D eigenvalue weighted by Gasteiger charge is -2.06. The second-order valence-electron chi connectivity index (χ2n) is 3.83. The van der Waals surface area contributed by atoms with Crippen molar-refractivity contribution in [2.75, 3.05) is 0 Å². The van der Waals surface area contributed by atoms with Gasteiger partial charge in [0, 0.05) is 6.08 Å². The van der Waals surface area contributed by atoms with Crippen LogP contribution in [0.2, 0.25) is 0 Å². The van der Waals surface area contributed by atoms with Crippen molar-refractivity contribution in [2.45, 2.75) is 13.0 Å². The summed E-state index contributed by atoms with van der Waals surface area (Å²) >= 11 is 1.47. The summed E-state index contributed by atoms with van der Waals surface area (Å²) in [6.07, 6.45) is 1.85. The molecule has 1 amide bonds. The third-order valence-electron chi connectivity index (χ3n) is 2.37. The van der Waals surface area contributed by atoms with Crippen molar-refractivity contribution >= 4 is 39.5 Å². The van der Waals surface area contributed by atoms with E-state index in [1.165, 1.54) is 24.3 Å². The van der Waals surface area contributed by atoms with Crippen LogP contribution in [0.5, 0.6) is 0 Å². The number of carbonyl (C=O) groups excluding carboxylic acids is 2. The van der Waals surface area contributed by atoms with Crippen LogP contribution in [0.4, 0.5) is 0 Å². The van der Waals surface area contributed by atoms with Gasteiger partial charge in [-0.15, -0.1) is 11.3 Å². The van der Waals surface area contributed by atoms with Gasteiger partial charge < -0.3 is 10.5 Å². The highest BCUT2D eigenvalue weighted by atomic mass is 32.1. The molecule has 1 aromatic carbocycles. The fourth-order valence-electron chi connectivity index (χ4n) is 1.37. The molecule has 5 nitrogen and oxygen atoms in total. The first kappa shape index (κ1) is 13.2. The van der Waals surface area contributed by atoms with E-state index in [1.54, 1.807) is 6.08 Å². The number of ether oxygens (including phenoxy) is 1. The summed E-state index contributed by atoms with van der Waals surface area (Å²) in [7, 11) is 0. The molecule has 1 unspecified atom stereocenters. The number of amides is 1. The van der Waals surface area contributed by atoms with E-state index in [0.717, 1.165) is 10.2 Å². The van der Waals surface area contributed by atoms with Gasteiger partial charge in [-0.05, 0) is 25.1 Å². The molecule has 98 valence electrons. The Bertz CT molecular complexity index is 615. The Morgan fingerprint density at radius 3 is 2.84 bits per heavy atom. The molecule has 2 aromatic rings. The van der Waals surface area contributed by atoms with E-state index in [0.29, 0.717) is 5.01 Å². The lowest BCUT2D eigenvalue weighted by atomic mass is 10.3. The van der Waals surface area contributed by atoms with Gasteiger partial charge in [0.15, 0.2) is 6.10 Å². The molecule has 1 heterocycles. The number of aromatic nitrogens is 1. The average Bonchev–Trinajstić information content (AvgIpc) is 2.78. The predicted octanol–water partition coefficient (Wildman–Crippen LogP) is 1.73. The molecule has 0 saturated carbocycles. The minimum absolute atomic E-state index is 0.620. The van der Waals surface area contributed by atoms with Gasteiger partial charge in [0.1, 0.15) is 5.01 Å². The van der Waals surface area contributed by atoms with Gasteiger partial charge in [-0.25, -0.2) is 9.78 Å². The Hall–Kier alpha value is -2.21. The first-order valence-electron chi connectivity index (χ1n) is 5.60. The quantitative estimate of drug-likeness (QED) is 0.681. The van der Waals surface area contributed by atoms with Crippen LogP contribution in [0.25, 0.3) is 16.3 Å². The number of hydrogen-bond donors (Lipinski definition) is 1. The molecule has 19 heavy (non-hydrogen) atoms. The standard InChI is InChI=1S/C13H12N2O3S/c1-8(13(14)17)18-12(16)7-6-11-15-9-4-2-3-5-10(9)19-11/h2-8H,1H3,(H2,14,17)/b7-6+. The predicted molar refractivity (Wildman–Crippen MR) is 73.4 cm³/mol. The molecule has 2 rings (SSSR count). The summed E-state index contributed by atoms with van der Waals surface area (Å²) in [5, 5.41) is 0.699. The van der Waals surface area contributed by atoms with Crippen molar-refractivity contribution in [2.24, 2.45) is 5.73 Å². The van der Waals surface area contributed by atoms with Gasteiger partial charge in [-0.3, -0.25) is 4.79 Å². The number of nitrogens with two attached hydrogens (primary N) is 1. The van der Waals surface area contributed by atoms with E-state index < -0.39 is 18.0 Å². The fourth-order valence-corrected chi connectivity index (χ4v) is 2.24. The normalized spacial score (nSPS) is 12.7. The smallest absolute Gasteiger partial charge is 0.331 e. The SMILES string of the molecule is CC(OC(=O)/C=C/c1nc2ccccc2s1)C(N)=O. The van der Waals surface area contributed by atoms with Crippen molar-refractivity contribution in [3.63, 3.8) is 0 Å². The number of esters is 1. The maximum Gasteiger partial charge on any atom is 0.331 e. The van der Waals surface area contributed by atoms with Crippen LogP contribution in [0.1, 0.15) is 11.9 Å². The number of carbonyl (C=O) groups is 2. The number of thiazole rings is 1. The van der Waals surface area contributed by atoms with Crippen LogP contribution in [0.3, 0.4) is 0 Å². The van der Waals surface area contributed by atoms with E-state index >= 15 is 0 Å². The number of fused-ring (bicyclic) bond motifs is 1. The first-order chi connectivity index (χ1) is 9.06. The third-order valence-corrected chi connectivity index (χ3v) is 3.37. The van der Waals surface area contributed by atoms with Crippen LogP contribution < -0.4 is 5.73 Å². The zero-order valence-electron chi connectivity index (χ0n) is 10.2. The second kappa shape index (κ2) is 5.62. The number of primary amides is 1. The number of rotatable bonds is 4. The molecule has 6 heteroatoms. The molecule has 0 spiro atoms. The highest BCUT2D eigenvalue weighted by Crippen LogP contribution is 2.22. The minimum atomic E-state index is -0.937. The van der Waals surface area contributed by atoms with Crippen LogP contribution in [-0.4, -0.2) is 23.0 Å². The Labute approximate surface area is 113 Å². The summed E-state index contributed by atoms with van der Waals surface area (Å²) in [6.45, 7) is 1.42. The molecular formula is C13H12N2O3S. The zero-order chi connectivity index (χ0) is 13.8. The van der Waals surface area contributed by atoms with Crippen molar-refractivity contribution in [1.29, 1.82) is 0 Å². The number of nitrogens with zero attached hydrogens (tertiary/aromatic N) is 1. The lowest BCUT2D eigenvalue weighted by molar-refractivity contribution is -0.148. The van der Waals surface area contributed by atoms with Crippen molar-refractivity contribution in [3.05, 3.63) is 35.3 Å². The summed E-state index contributed by atoms with van der Waals surface area (Å²) in [6, 6.07) is 7.68. The summed E-state index contributed by atoms with van der Waals surface area (Å²) in [4.78, 5) is 26.5. The summed E-state index contributed by atoms with van der Waals surface area (Å²) < 4.78 is 5.83. The van der Waals surface area contributed by atoms with E-state index in [-0.39, 0.29) is 0 Å². The van der Waals surface area contributed by atoms with Crippen LogP contribution >= 0.6 is 11.3 Å². The van der Waals surface area contributed by atoms with Crippen molar-refractivity contribution in [3.8, 4) is 0 Å².